The second-order valence-corrected chi connectivity index (χ2v) is 7.19. The number of thioether (sulfide) groups is 1. The third kappa shape index (κ3) is 4.33. The quantitative estimate of drug-likeness (QED) is 0.770. The maximum atomic E-state index is 12.5. The number of anilines is 1. The molecule has 0 N–H and O–H groups in total. The zero-order valence-electron chi connectivity index (χ0n) is 13.1. The highest BCUT2D eigenvalue weighted by Crippen LogP contribution is 2.38. The first kappa shape index (κ1) is 16.9. The molecule has 0 amide bonds. The molecule has 0 radical (unpaired) electrons. The van der Waals surface area contributed by atoms with Gasteiger partial charge in [0.05, 0.1) is 0 Å². The Labute approximate surface area is 138 Å². The molecule has 0 aliphatic carbocycles. The van der Waals surface area contributed by atoms with Crippen LogP contribution in [-0.4, -0.2) is 48.9 Å². The Morgan fingerprint density at radius 3 is 2.74 bits per heavy atom. The number of piperazine rings is 1. The average Bonchev–Trinajstić information content (AvgIpc) is 2.99. The summed E-state index contributed by atoms with van der Waals surface area (Å²) < 4.78 is 43.4. The maximum Gasteiger partial charge on any atom is 0.446 e. The molecule has 7 heteroatoms. The molecule has 0 bridgehead atoms. The molecule has 2 heterocycles. The number of halogens is 3. The first-order chi connectivity index (χ1) is 10.9. The SMILES string of the molecule is CC1CN(C2CCCO2)CCN1c1cccc(SC(F)(F)F)c1. The Kier molecular flexibility index (Phi) is 5.08. The standard InChI is InChI=1S/C16H21F3N2OS/c1-12-11-20(15-6-3-9-22-15)7-8-21(12)13-4-2-5-14(10-13)23-16(17,18)19/h2,4-5,10,12,15H,3,6-9,11H2,1H3. The Balaban J connectivity index is 1.66. The number of ether oxygens (including phenoxy) is 1. The zero-order valence-corrected chi connectivity index (χ0v) is 13.9. The van der Waals surface area contributed by atoms with Crippen LogP contribution in [0.4, 0.5) is 18.9 Å². The predicted octanol–water partition coefficient (Wildman–Crippen LogP) is 3.95. The van der Waals surface area contributed by atoms with Gasteiger partial charge in [0.25, 0.3) is 0 Å². The number of rotatable bonds is 3. The van der Waals surface area contributed by atoms with Crippen molar-refractivity contribution in [1.29, 1.82) is 0 Å². The number of nitrogens with zero attached hydrogens (tertiary/aromatic N) is 2. The normalized spacial score (nSPS) is 26.7. The van der Waals surface area contributed by atoms with Crippen molar-refractivity contribution in [3.05, 3.63) is 24.3 Å². The fraction of sp³-hybridized carbons (Fsp3) is 0.625. The lowest BCUT2D eigenvalue weighted by atomic mass is 10.1. The topological polar surface area (TPSA) is 15.7 Å². The minimum atomic E-state index is -4.25. The Morgan fingerprint density at radius 1 is 1.26 bits per heavy atom. The Bertz CT molecular complexity index is 534. The van der Waals surface area contributed by atoms with Crippen molar-refractivity contribution in [3.8, 4) is 0 Å². The van der Waals surface area contributed by atoms with Crippen molar-refractivity contribution in [2.24, 2.45) is 0 Å². The molecular formula is C16H21F3N2OS. The van der Waals surface area contributed by atoms with Crippen LogP contribution >= 0.6 is 11.8 Å². The first-order valence-electron chi connectivity index (χ1n) is 7.90. The lowest BCUT2D eigenvalue weighted by molar-refractivity contribution is -0.0328. The smallest absolute Gasteiger partial charge is 0.366 e. The van der Waals surface area contributed by atoms with Crippen LogP contribution in [-0.2, 0) is 4.74 Å². The minimum Gasteiger partial charge on any atom is -0.366 e. The summed E-state index contributed by atoms with van der Waals surface area (Å²) in [6.45, 7) is 5.51. The number of hydrogen-bond acceptors (Lipinski definition) is 4. The molecule has 2 saturated heterocycles. The van der Waals surface area contributed by atoms with Crippen LogP contribution in [0.15, 0.2) is 29.2 Å². The number of benzene rings is 1. The summed E-state index contributed by atoms with van der Waals surface area (Å²) in [5, 5.41) is 0. The molecule has 2 atom stereocenters. The molecule has 128 valence electrons. The van der Waals surface area contributed by atoms with Gasteiger partial charge in [-0.15, -0.1) is 0 Å². The molecule has 1 aromatic carbocycles. The first-order valence-corrected chi connectivity index (χ1v) is 8.72. The summed E-state index contributed by atoms with van der Waals surface area (Å²) in [5.74, 6) is 0. The van der Waals surface area contributed by atoms with Crippen LogP contribution in [0.25, 0.3) is 0 Å². The van der Waals surface area contributed by atoms with Gasteiger partial charge in [-0.25, -0.2) is 0 Å². The van der Waals surface area contributed by atoms with Gasteiger partial charge in [-0.2, -0.15) is 13.2 Å². The third-order valence-corrected chi connectivity index (χ3v) is 5.08. The summed E-state index contributed by atoms with van der Waals surface area (Å²) >= 11 is -0.0560. The van der Waals surface area contributed by atoms with Crippen molar-refractivity contribution < 1.29 is 17.9 Å². The summed E-state index contributed by atoms with van der Waals surface area (Å²) in [6.07, 6.45) is 2.40. The van der Waals surface area contributed by atoms with Gasteiger partial charge >= 0.3 is 5.51 Å². The van der Waals surface area contributed by atoms with Gasteiger partial charge in [-0.1, -0.05) is 6.07 Å². The molecule has 0 aromatic heterocycles. The average molecular weight is 346 g/mol. The van der Waals surface area contributed by atoms with Crippen LogP contribution < -0.4 is 4.90 Å². The molecule has 23 heavy (non-hydrogen) atoms. The van der Waals surface area contributed by atoms with E-state index in [-0.39, 0.29) is 28.9 Å². The summed E-state index contributed by atoms with van der Waals surface area (Å²) in [7, 11) is 0. The molecule has 3 nitrogen and oxygen atoms in total. The van der Waals surface area contributed by atoms with Crippen molar-refractivity contribution >= 4 is 17.4 Å². The van der Waals surface area contributed by atoms with E-state index in [9.17, 15) is 13.2 Å². The van der Waals surface area contributed by atoms with Crippen molar-refractivity contribution in [2.45, 2.75) is 42.4 Å². The third-order valence-electron chi connectivity index (χ3n) is 4.35. The van der Waals surface area contributed by atoms with Gasteiger partial charge in [0.2, 0.25) is 0 Å². The monoisotopic (exact) mass is 346 g/mol. The van der Waals surface area contributed by atoms with Crippen LogP contribution in [0.5, 0.6) is 0 Å². The fourth-order valence-electron chi connectivity index (χ4n) is 3.34. The number of hydrogen-bond donors (Lipinski definition) is 0. The van der Waals surface area contributed by atoms with E-state index in [4.69, 9.17) is 4.74 Å². The summed E-state index contributed by atoms with van der Waals surface area (Å²) in [6, 6.07) is 6.98. The largest absolute Gasteiger partial charge is 0.446 e. The predicted molar refractivity (Wildman–Crippen MR) is 85.7 cm³/mol. The zero-order chi connectivity index (χ0) is 16.4. The van der Waals surface area contributed by atoms with E-state index in [1.54, 1.807) is 12.1 Å². The molecule has 3 rings (SSSR count). The maximum absolute atomic E-state index is 12.5. The second kappa shape index (κ2) is 6.91. The highest BCUT2D eigenvalue weighted by atomic mass is 32.2. The van der Waals surface area contributed by atoms with E-state index < -0.39 is 5.51 Å². The van der Waals surface area contributed by atoms with Crippen molar-refractivity contribution in [1.82, 2.24) is 4.90 Å². The van der Waals surface area contributed by atoms with Crippen molar-refractivity contribution in [2.75, 3.05) is 31.1 Å². The van der Waals surface area contributed by atoms with Gasteiger partial charge < -0.3 is 9.64 Å². The fourth-order valence-corrected chi connectivity index (χ4v) is 3.93. The van der Waals surface area contributed by atoms with Gasteiger partial charge in [0.15, 0.2) is 0 Å². The van der Waals surface area contributed by atoms with E-state index in [0.29, 0.717) is 0 Å². The molecular weight excluding hydrogens is 325 g/mol. The molecule has 0 spiro atoms. The van der Waals surface area contributed by atoms with Gasteiger partial charge in [-0.3, -0.25) is 4.90 Å². The molecule has 1 aromatic rings. The molecule has 2 fully saturated rings. The minimum absolute atomic E-state index is 0.0560. The van der Waals surface area contributed by atoms with Gasteiger partial charge in [-0.05, 0) is 49.7 Å². The lowest BCUT2D eigenvalue weighted by Gasteiger charge is -2.43. The van der Waals surface area contributed by atoms with E-state index in [1.807, 2.05) is 6.07 Å². The Morgan fingerprint density at radius 2 is 2.09 bits per heavy atom. The van der Waals surface area contributed by atoms with E-state index in [0.717, 1.165) is 44.8 Å². The lowest BCUT2D eigenvalue weighted by Crippen LogP contribution is -2.54. The van der Waals surface area contributed by atoms with Gasteiger partial charge in [0.1, 0.15) is 6.23 Å². The van der Waals surface area contributed by atoms with E-state index >= 15 is 0 Å². The van der Waals surface area contributed by atoms with Crippen LogP contribution in [0.2, 0.25) is 0 Å². The van der Waals surface area contributed by atoms with E-state index in [1.165, 1.54) is 6.07 Å². The highest BCUT2D eigenvalue weighted by Gasteiger charge is 2.32. The van der Waals surface area contributed by atoms with Crippen LogP contribution in [0.3, 0.4) is 0 Å². The molecule has 2 unspecified atom stereocenters. The highest BCUT2D eigenvalue weighted by molar-refractivity contribution is 8.00. The second-order valence-electron chi connectivity index (χ2n) is 6.05. The van der Waals surface area contributed by atoms with Crippen LogP contribution in [0.1, 0.15) is 19.8 Å². The number of alkyl halides is 3. The van der Waals surface area contributed by atoms with Crippen molar-refractivity contribution in [3.63, 3.8) is 0 Å². The molecule has 2 aliphatic rings. The Hall–Kier alpha value is -0.920. The summed E-state index contributed by atoms with van der Waals surface area (Å²) in [4.78, 5) is 4.78. The summed E-state index contributed by atoms with van der Waals surface area (Å²) in [5.41, 5.74) is -3.39. The van der Waals surface area contributed by atoms with Gasteiger partial charge in [0, 0.05) is 42.9 Å². The van der Waals surface area contributed by atoms with E-state index in [2.05, 4.69) is 16.7 Å². The molecule has 0 saturated carbocycles. The molecule has 2 aliphatic heterocycles. The van der Waals surface area contributed by atoms with Crippen LogP contribution in [0, 0.1) is 0 Å².